The van der Waals surface area contributed by atoms with Crippen LogP contribution in [0.3, 0.4) is 0 Å². The molecule has 8 heteroatoms. The summed E-state index contributed by atoms with van der Waals surface area (Å²) in [4.78, 5) is 27.9. The molecule has 0 fully saturated rings. The molecular formula is C21H19NO7. The van der Waals surface area contributed by atoms with E-state index >= 15 is 0 Å². The standard InChI is InChI=1S/C21H19NO7/c1-12(23)28-16-8-6-5-7-13(16)9-15-21(24)29-20(22-15)14-10-17(25-2)19(27-4)18(11-14)26-3/h5-11H,1-4H3/b15-9-. The Kier molecular flexibility index (Phi) is 5.82. The molecule has 0 saturated heterocycles. The smallest absolute Gasteiger partial charge is 0.363 e. The highest BCUT2D eigenvalue weighted by Crippen LogP contribution is 2.39. The Morgan fingerprint density at radius 1 is 1.00 bits per heavy atom. The first-order valence-corrected chi connectivity index (χ1v) is 8.57. The number of methoxy groups -OCH3 is 3. The Balaban J connectivity index is 2.01. The van der Waals surface area contributed by atoms with Crippen molar-refractivity contribution in [1.82, 2.24) is 0 Å². The average Bonchev–Trinajstić information content (AvgIpc) is 3.08. The van der Waals surface area contributed by atoms with Crippen LogP contribution in [0, 0.1) is 0 Å². The van der Waals surface area contributed by atoms with Crippen molar-refractivity contribution in [1.29, 1.82) is 0 Å². The van der Waals surface area contributed by atoms with E-state index < -0.39 is 11.9 Å². The molecule has 1 aliphatic heterocycles. The van der Waals surface area contributed by atoms with Gasteiger partial charge in [0.1, 0.15) is 5.75 Å². The summed E-state index contributed by atoms with van der Waals surface area (Å²) >= 11 is 0. The van der Waals surface area contributed by atoms with Gasteiger partial charge < -0.3 is 23.7 Å². The number of esters is 2. The minimum atomic E-state index is -0.633. The Labute approximate surface area is 167 Å². The molecule has 0 saturated carbocycles. The summed E-state index contributed by atoms with van der Waals surface area (Å²) in [5.41, 5.74) is 1.06. The van der Waals surface area contributed by atoms with Gasteiger partial charge in [0.2, 0.25) is 11.6 Å². The number of carbonyl (C=O) groups excluding carboxylic acids is 2. The van der Waals surface area contributed by atoms with Gasteiger partial charge in [0.25, 0.3) is 0 Å². The summed E-state index contributed by atoms with van der Waals surface area (Å²) in [6.45, 7) is 1.30. The van der Waals surface area contributed by atoms with Gasteiger partial charge in [-0.2, -0.15) is 0 Å². The van der Waals surface area contributed by atoms with E-state index in [1.807, 2.05) is 0 Å². The third-order valence-corrected chi connectivity index (χ3v) is 4.00. The molecule has 2 aromatic carbocycles. The zero-order chi connectivity index (χ0) is 21.0. The van der Waals surface area contributed by atoms with Crippen molar-refractivity contribution in [2.75, 3.05) is 21.3 Å². The van der Waals surface area contributed by atoms with Crippen LogP contribution in [0.1, 0.15) is 18.1 Å². The lowest BCUT2D eigenvalue weighted by Gasteiger charge is -2.13. The van der Waals surface area contributed by atoms with Crippen molar-refractivity contribution in [2.24, 2.45) is 4.99 Å². The van der Waals surface area contributed by atoms with Gasteiger partial charge in [0, 0.05) is 18.1 Å². The molecule has 0 radical (unpaired) electrons. The molecule has 2 aromatic rings. The highest BCUT2D eigenvalue weighted by molar-refractivity contribution is 6.13. The number of rotatable bonds is 6. The number of aliphatic imine (C=N–C) groups is 1. The van der Waals surface area contributed by atoms with Crippen LogP contribution in [0.5, 0.6) is 23.0 Å². The third-order valence-electron chi connectivity index (χ3n) is 4.00. The first-order valence-electron chi connectivity index (χ1n) is 8.57. The van der Waals surface area contributed by atoms with E-state index in [-0.39, 0.29) is 11.6 Å². The molecule has 1 aliphatic rings. The second-order valence-electron chi connectivity index (χ2n) is 5.88. The van der Waals surface area contributed by atoms with E-state index in [1.165, 1.54) is 34.3 Å². The van der Waals surface area contributed by atoms with Gasteiger partial charge in [-0.25, -0.2) is 9.79 Å². The normalized spacial score (nSPS) is 14.3. The number of para-hydroxylation sites is 1. The minimum absolute atomic E-state index is 0.0633. The topological polar surface area (TPSA) is 92.7 Å². The summed E-state index contributed by atoms with van der Waals surface area (Å²) in [6, 6.07) is 10.1. The molecule has 1 heterocycles. The van der Waals surface area contributed by atoms with Gasteiger partial charge in [-0.05, 0) is 24.3 Å². The fraction of sp³-hybridized carbons (Fsp3) is 0.190. The lowest BCUT2D eigenvalue weighted by Crippen LogP contribution is -2.07. The minimum Gasteiger partial charge on any atom is -0.493 e. The first kappa shape index (κ1) is 19.9. The van der Waals surface area contributed by atoms with Crippen LogP contribution in [0.4, 0.5) is 0 Å². The van der Waals surface area contributed by atoms with Crippen molar-refractivity contribution in [3.05, 3.63) is 53.2 Å². The third kappa shape index (κ3) is 4.21. The van der Waals surface area contributed by atoms with E-state index in [0.717, 1.165) is 0 Å². The second-order valence-corrected chi connectivity index (χ2v) is 5.88. The van der Waals surface area contributed by atoms with E-state index in [9.17, 15) is 9.59 Å². The maximum atomic E-state index is 12.3. The number of hydrogen-bond acceptors (Lipinski definition) is 8. The number of carbonyl (C=O) groups is 2. The molecule has 0 aliphatic carbocycles. The summed E-state index contributed by atoms with van der Waals surface area (Å²) in [5.74, 6) is 0.520. The highest BCUT2D eigenvalue weighted by atomic mass is 16.6. The van der Waals surface area contributed by atoms with Gasteiger partial charge in [-0.3, -0.25) is 4.79 Å². The number of ether oxygens (including phenoxy) is 5. The molecule has 0 N–H and O–H groups in total. The summed E-state index contributed by atoms with van der Waals surface area (Å²) in [7, 11) is 4.47. The zero-order valence-corrected chi connectivity index (χ0v) is 16.3. The number of cyclic esters (lactones) is 1. The van der Waals surface area contributed by atoms with E-state index in [2.05, 4.69) is 4.99 Å². The van der Waals surface area contributed by atoms with Crippen molar-refractivity contribution >= 4 is 23.9 Å². The molecule has 0 unspecified atom stereocenters. The van der Waals surface area contributed by atoms with Gasteiger partial charge in [0.15, 0.2) is 17.2 Å². The van der Waals surface area contributed by atoms with Gasteiger partial charge in [0.05, 0.1) is 21.3 Å². The predicted molar refractivity (Wildman–Crippen MR) is 104 cm³/mol. The molecule has 8 nitrogen and oxygen atoms in total. The Morgan fingerprint density at radius 2 is 1.66 bits per heavy atom. The van der Waals surface area contributed by atoms with Crippen molar-refractivity contribution in [3.8, 4) is 23.0 Å². The lowest BCUT2D eigenvalue weighted by molar-refractivity contribution is -0.132. The quantitative estimate of drug-likeness (QED) is 0.420. The van der Waals surface area contributed by atoms with Gasteiger partial charge in [-0.1, -0.05) is 18.2 Å². The van der Waals surface area contributed by atoms with Crippen molar-refractivity contribution < 1.29 is 33.3 Å². The van der Waals surface area contributed by atoms with Crippen LogP contribution in [0.15, 0.2) is 47.1 Å². The average molecular weight is 397 g/mol. The van der Waals surface area contributed by atoms with E-state index in [4.69, 9.17) is 23.7 Å². The zero-order valence-electron chi connectivity index (χ0n) is 16.3. The van der Waals surface area contributed by atoms with E-state index in [1.54, 1.807) is 36.4 Å². The number of nitrogens with zero attached hydrogens (tertiary/aromatic N) is 1. The van der Waals surface area contributed by atoms with E-state index in [0.29, 0.717) is 34.1 Å². The molecule has 0 bridgehead atoms. The molecular weight excluding hydrogens is 378 g/mol. The Bertz CT molecular complexity index is 998. The van der Waals surface area contributed by atoms with Crippen LogP contribution in [0.2, 0.25) is 0 Å². The number of hydrogen-bond donors (Lipinski definition) is 0. The maximum Gasteiger partial charge on any atom is 0.363 e. The molecule has 29 heavy (non-hydrogen) atoms. The first-order chi connectivity index (χ1) is 14.0. The van der Waals surface area contributed by atoms with Crippen molar-refractivity contribution in [2.45, 2.75) is 6.92 Å². The fourth-order valence-corrected chi connectivity index (χ4v) is 2.73. The van der Waals surface area contributed by atoms with Crippen LogP contribution >= 0.6 is 0 Å². The van der Waals surface area contributed by atoms with Gasteiger partial charge in [-0.15, -0.1) is 0 Å². The molecule has 0 atom stereocenters. The second kappa shape index (κ2) is 8.47. The predicted octanol–water partition coefficient (Wildman–Crippen LogP) is 2.98. The molecule has 150 valence electrons. The molecule has 3 rings (SSSR count). The fourth-order valence-electron chi connectivity index (χ4n) is 2.73. The van der Waals surface area contributed by atoms with Crippen LogP contribution in [-0.4, -0.2) is 39.2 Å². The molecule has 0 spiro atoms. The summed E-state index contributed by atoms with van der Waals surface area (Å²) in [6.07, 6.45) is 1.49. The lowest BCUT2D eigenvalue weighted by atomic mass is 10.1. The summed E-state index contributed by atoms with van der Waals surface area (Å²) in [5, 5.41) is 0. The maximum absolute atomic E-state index is 12.3. The largest absolute Gasteiger partial charge is 0.493 e. The van der Waals surface area contributed by atoms with Gasteiger partial charge >= 0.3 is 11.9 Å². The van der Waals surface area contributed by atoms with Crippen LogP contribution in [0.25, 0.3) is 6.08 Å². The van der Waals surface area contributed by atoms with Crippen LogP contribution in [-0.2, 0) is 14.3 Å². The Hall–Kier alpha value is -3.81. The molecule has 0 amide bonds. The SMILES string of the molecule is COc1cc(C2=N/C(=C\c3ccccc3OC(C)=O)C(=O)O2)cc(OC)c1OC. The Morgan fingerprint density at radius 3 is 2.24 bits per heavy atom. The highest BCUT2D eigenvalue weighted by Gasteiger charge is 2.27. The number of benzene rings is 2. The van der Waals surface area contributed by atoms with Crippen molar-refractivity contribution in [3.63, 3.8) is 0 Å². The summed E-state index contributed by atoms with van der Waals surface area (Å²) < 4.78 is 26.4. The molecule has 0 aromatic heterocycles. The van der Waals surface area contributed by atoms with Crippen LogP contribution < -0.4 is 18.9 Å². The monoisotopic (exact) mass is 397 g/mol.